The summed E-state index contributed by atoms with van der Waals surface area (Å²) >= 11 is 0. The van der Waals surface area contributed by atoms with Crippen molar-refractivity contribution in [2.24, 2.45) is 11.8 Å². The minimum atomic E-state index is 0.617. The quantitative estimate of drug-likeness (QED) is 0.875. The first-order chi connectivity index (χ1) is 10.0. The highest BCUT2D eigenvalue weighted by atomic mass is 15.3. The van der Waals surface area contributed by atoms with Crippen LogP contribution in [0.15, 0.2) is 12.4 Å². The first-order valence-electron chi connectivity index (χ1n) is 8.53. The van der Waals surface area contributed by atoms with Crippen molar-refractivity contribution in [2.75, 3.05) is 13.1 Å². The Morgan fingerprint density at radius 3 is 2.67 bits per heavy atom. The molecule has 1 aliphatic rings. The van der Waals surface area contributed by atoms with Crippen molar-refractivity contribution in [1.82, 2.24) is 20.0 Å². The van der Waals surface area contributed by atoms with Crippen LogP contribution in [0.1, 0.15) is 46.6 Å². The fraction of sp³-hybridized carbons (Fsp3) is 0.824. The second kappa shape index (κ2) is 7.41. The Hall–Kier alpha value is -0.870. The van der Waals surface area contributed by atoms with E-state index in [0.717, 1.165) is 32.1 Å². The van der Waals surface area contributed by atoms with Gasteiger partial charge in [-0.25, -0.2) is 0 Å². The minimum Gasteiger partial charge on any atom is -0.311 e. The van der Waals surface area contributed by atoms with Crippen molar-refractivity contribution in [3.05, 3.63) is 18.0 Å². The van der Waals surface area contributed by atoms with Crippen molar-refractivity contribution in [3.8, 4) is 0 Å². The smallest absolute Gasteiger partial charge is 0.0534 e. The van der Waals surface area contributed by atoms with Gasteiger partial charge < -0.3 is 5.32 Å². The molecule has 1 N–H and O–H groups in total. The molecule has 1 saturated heterocycles. The molecule has 0 aromatic carbocycles. The molecule has 3 atom stereocenters. The summed E-state index contributed by atoms with van der Waals surface area (Å²) in [4.78, 5) is 2.66. The van der Waals surface area contributed by atoms with Gasteiger partial charge in [-0.2, -0.15) is 5.10 Å². The average Bonchev–Trinajstić information content (AvgIpc) is 2.93. The maximum absolute atomic E-state index is 4.41. The van der Waals surface area contributed by atoms with E-state index in [2.05, 4.69) is 56.1 Å². The lowest BCUT2D eigenvalue weighted by atomic mass is 9.92. The number of hydrogen-bond donors (Lipinski definition) is 1. The van der Waals surface area contributed by atoms with Gasteiger partial charge in [-0.05, 0) is 18.8 Å². The van der Waals surface area contributed by atoms with Crippen LogP contribution in [0.25, 0.3) is 0 Å². The average molecular weight is 292 g/mol. The van der Waals surface area contributed by atoms with E-state index in [4.69, 9.17) is 0 Å². The van der Waals surface area contributed by atoms with E-state index in [1.807, 2.05) is 10.9 Å². The van der Waals surface area contributed by atoms with Gasteiger partial charge in [0.2, 0.25) is 0 Å². The molecule has 0 aliphatic carbocycles. The van der Waals surface area contributed by atoms with Crippen molar-refractivity contribution in [2.45, 2.75) is 66.2 Å². The summed E-state index contributed by atoms with van der Waals surface area (Å²) in [6, 6.07) is 1.24. The van der Waals surface area contributed by atoms with Crippen LogP contribution in [0.2, 0.25) is 0 Å². The van der Waals surface area contributed by atoms with Crippen LogP contribution in [0.3, 0.4) is 0 Å². The summed E-state index contributed by atoms with van der Waals surface area (Å²) in [5, 5.41) is 8.19. The fourth-order valence-corrected chi connectivity index (χ4v) is 3.25. The standard InChI is InChI=1S/C17H32N4/c1-6-14(5)16-12-20(17(9-18-16)13(3)4)10-15-8-19-21(7-2)11-15/h8,11,13-14,16-18H,6-7,9-10,12H2,1-5H3. The molecule has 1 aromatic heterocycles. The Morgan fingerprint density at radius 1 is 1.33 bits per heavy atom. The number of aryl methyl sites for hydroxylation is 1. The van der Waals surface area contributed by atoms with E-state index in [-0.39, 0.29) is 0 Å². The zero-order chi connectivity index (χ0) is 15.4. The molecule has 0 spiro atoms. The Kier molecular flexibility index (Phi) is 5.82. The van der Waals surface area contributed by atoms with Crippen LogP contribution in [-0.4, -0.2) is 39.9 Å². The Bertz CT molecular complexity index is 426. The number of rotatable bonds is 6. The second-order valence-corrected chi connectivity index (χ2v) is 6.85. The van der Waals surface area contributed by atoms with Crippen molar-refractivity contribution >= 4 is 0 Å². The molecule has 4 nitrogen and oxygen atoms in total. The normalized spacial score (nSPS) is 25.4. The van der Waals surface area contributed by atoms with Crippen LogP contribution in [-0.2, 0) is 13.1 Å². The molecule has 1 fully saturated rings. The number of nitrogens with zero attached hydrogens (tertiary/aromatic N) is 3. The van der Waals surface area contributed by atoms with Gasteiger partial charge in [-0.1, -0.05) is 34.1 Å². The lowest BCUT2D eigenvalue weighted by molar-refractivity contribution is 0.0752. The maximum Gasteiger partial charge on any atom is 0.0534 e. The largest absolute Gasteiger partial charge is 0.311 e. The summed E-state index contributed by atoms with van der Waals surface area (Å²) < 4.78 is 2.02. The number of piperazine rings is 1. The van der Waals surface area contributed by atoms with Gasteiger partial charge in [0.15, 0.2) is 0 Å². The SMILES string of the molecule is CCC(C)C1CN(Cc2cnn(CC)c2)C(C(C)C)CN1. The lowest BCUT2D eigenvalue weighted by Gasteiger charge is -2.44. The molecule has 0 bridgehead atoms. The summed E-state index contributed by atoms with van der Waals surface area (Å²) in [6.45, 7) is 15.7. The van der Waals surface area contributed by atoms with Crippen LogP contribution in [0, 0.1) is 11.8 Å². The number of aromatic nitrogens is 2. The Morgan fingerprint density at radius 2 is 2.10 bits per heavy atom. The third-order valence-electron chi connectivity index (χ3n) is 4.99. The molecule has 0 amide bonds. The number of hydrogen-bond acceptors (Lipinski definition) is 3. The lowest BCUT2D eigenvalue weighted by Crippen LogP contribution is -2.59. The minimum absolute atomic E-state index is 0.617. The highest BCUT2D eigenvalue weighted by Crippen LogP contribution is 2.21. The number of nitrogens with one attached hydrogen (secondary N) is 1. The third-order valence-corrected chi connectivity index (χ3v) is 4.99. The van der Waals surface area contributed by atoms with E-state index in [1.165, 1.54) is 12.0 Å². The zero-order valence-electron chi connectivity index (χ0n) is 14.3. The summed E-state index contributed by atoms with van der Waals surface area (Å²) in [5.41, 5.74) is 1.34. The summed E-state index contributed by atoms with van der Waals surface area (Å²) in [7, 11) is 0. The first-order valence-corrected chi connectivity index (χ1v) is 8.53. The third kappa shape index (κ3) is 4.07. The predicted octanol–water partition coefficient (Wildman–Crippen LogP) is 2.75. The van der Waals surface area contributed by atoms with Crippen LogP contribution >= 0.6 is 0 Å². The van der Waals surface area contributed by atoms with Crippen molar-refractivity contribution < 1.29 is 0 Å². The van der Waals surface area contributed by atoms with Gasteiger partial charge in [0.05, 0.1) is 6.20 Å². The van der Waals surface area contributed by atoms with Gasteiger partial charge in [0, 0.05) is 50.0 Å². The predicted molar refractivity (Wildman–Crippen MR) is 88.2 cm³/mol. The molecule has 0 radical (unpaired) electrons. The topological polar surface area (TPSA) is 33.1 Å². The molecule has 2 heterocycles. The molecule has 4 heteroatoms. The van der Waals surface area contributed by atoms with E-state index in [1.54, 1.807) is 0 Å². The van der Waals surface area contributed by atoms with E-state index in [9.17, 15) is 0 Å². The Labute approximate surface area is 129 Å². The fourth-order valence-electron chi connectivity index (χ4n) is 3.25. The van der Waals surface area contributed by atoms with Crippen LogP contribution < -0.4 is 5.32 Å². The van der Waals surface area contributed by atoms with Gasteiger partial charge in [-0.3, -0.25) is 9.58 Å². The van der Waals surface area contributed by atoms with Crippen molar-refractivity contribution in [3.63, 3.8) is 0 Å². The molecule has 120 valence electrons. The second-order valence-electron chi connectivity index (χ2n) is 6.85. The molecule has 1 aliphatic heterocycles. The van der Waals surface area contributed by atoms with Gasteiger partial charge in [0.1, 0.15) is 0 Å². The highest BCUT2D eigenvalue weighted by Gasteiger charge is 2.31. The van der Waals surface area contributed by atoms with Gasteiger partial charge in [-0.15, -0.1) is 0 Å². The molecular formula is C17H32N4. The first kappa shape index (κ1) is 16.5. The summed E-state index contributed by atoms with van der Waals surface area (Å²) in [6.07, 6.45) is 5.46. The molecular weight excluding hydrogens is 260 g/mol. The van der Waals surface area contributed by atoms with Gasteiger partial charge in [0.25, 0.3) is 0 Å². The van der Waals surface area contributed by atoms with E-state index in [0.29, 0.717) is 18.0 Å². The molecule has 21 heavy (non-hydrogen) atoms. The maximum atomic E-state index is 4.41. The summed E-state index contributed by atoms with van der Waals surface area (Å²) in [5.74, 6) is 1.41. The molecule has 3 unspecified atom stereocenters. The van der Waals surface area contributed by atoms with E-state index >= 15 is 0 Å². The van der Waals surface area contributed by atoms with Crippen LogP contribution in [0.5, 0.6) is 0 Å². The van der Waals surface area contributed by atoms with Crippen LogP contribution in [0.4, 0.5) is 0 Å². The molecule has 0 saturated carbocycles. The Balaban J connectivity index is 2.06. The van der Waals surface area contributed by atoms with Gasteiger partial charge >= 0.3 is 0 Å². The zero-order valence-corrected chi connectivity index (χ0v) is 14.3. The highest BCUT2D eigenvalue weighted by molar-refractivity contribution is 5.05. The van der Waals surface area contributed by atoms with E-state index < -0.39 is 0 Å². The monoisotopic (exact) mass is 292 g/mol. The van der Waals surface area contributed by atoms with Crippen molar-refractivity contribution in [1.29, 1.82) is 0 Å². The molecule has 2 rings (SSSR count). The molecule has 1 aromatic rings.